The molecule has 0 saturated carbocycles. The zero-order chi connectivity index (χ0) is 14.7. The summed E-state index contributed by atoms with van der Waals surface area (Å²) >= 11 is 0. The first-order valence-electron chi connectivity index (χ1n) is 7.63. The number of aromatic nitrogens is 3. The fourth-order valence-electron chi connectivity index (χ4n) is 2.99. The van der Waals surface area contributed by atoms with Crippen LogP contribution in [0.25, 0.3) is 11.4 Å². The van der Waals surface area contributed by atoms with Gasteiger partial charge in [0.2, 0.25) is 0 Å². The van der Waals surface area contributed by atoms with E-state index < -0.39 is 0 Å². The number of benzene rings is 1. The van der Waals surface area contributed by atoms with E-state index in [1.165, 1.54) is 25.9 Å². The number of nitrogens with one attached hydrogen (secondary N) is 2. The van der Waals surface area contributed by atoms with E-state index in [0.29, 0.717) is 5.92 Å². The molecule has 3 rings (SSSR count). The van der Waals surface area contributed by atoms with Crippen molar-refractivity contribution in [1.82, 2.24) is 20.1 Å². The Morgan fingerprint density at radius 3 is 3.00 bits per heavy atom. The van der Waals surface area contributed by atoms with Crippen LogP contribution in [0.2, 0.25) is 0 Å². The van der Waals surface area contributed by atoms with Gasteiger partial charge >= 0.3 is 0 Å². The van der Waals surface area contributed by atoms with Gasteiger partial charge in [0, 0.05) is 24.3 Å². The molecule has 21 heavy (non-hydrogen) atoms. The minimum absolute atomic E-state index is 0.714. The molecular weight excluding hydrogens is 262 g/mol. The highest BCUT2D eigenvalue weighted by Crippen LogP contribution is 2.25. The van der Waals surface area contributed by atoms with Gasteiger partial charge in [-0.2, -0.15) is 5.10 Å². The lowest BCUT2D eigenvalue weighted by molar-refractivity contribution is 0.217. The quantitative estimate of drug-likeness (QED) is 0.906. The molecule has 0 spiro atoms. The monoisotopic (exact) mass is 285 g/mol. The second-order valence-electron chi connectivity index (χ2n) is 5.94. The SMILES string of the molecule is Cc1nc(-c2ccccc2NCC2CCCN(C)C2)n[nH]1. The van der Waals surface area contributed by atoms with Gasteiger partial charge in [0.25, 0.3) is 0 Å². The number of aryl methyl sites for hydroxylation is 1. The van der Waals surface area contributed by atoms with E-state index in [1.807, 2.05) is 13.0 Å². The molecule has 5 nitrogen and oxygen atoms in total. The lowest BCUT2D eigenvalue weighted by Crippen LogP contribution is -2.35. The van der Waals surface area contributed by atoms with Gasteiger partial charge in [-0.1, -0.05) is 12.1 Å². The standard InChI is InChI=1S/C16H23N5/c1-12-18-16(20-19-12)14-7-3-4-8-15(14)17-10-13-6-5-9-21(2)11-13/h3-4,7-8,13,17H,5-6,9-11H2,1-2H3,(H,18,19,20). The van der Waals surface area contributed by atoms with Crippen LogP contribution >= 0.6 is 0 Å². The maximum atomic E-state index is 4.43. The summed E-state index contributed by atoms with van der Waals surface area (Å²) in [6, 6.07) is 8.25. The van der Waals surface area contributed by atoms with Gasteiger partial charge in [-0.15, -0.1) is 0 Å². The number of H-pyrrole nitrogens is 1. The summed E-state index contributed by atoms with van der Waals surface area (Å²) in [5, 5.41) is 10.8. The Labute approximate surface area is 125 Å². The molecule has 1 atom stereocenters. The molecule has 1 aliphatic heterocycles. The van der Waals surface area contributed by atoms with Crippen LogP contribution in [0.4, 0.5) is 5.69 Å². The van der Waals surface area contributed by atoms with Crippen LogP contribution in [0.15, 0.2) is 24.3 Å². The summed E-state index contributed by atoms with van der Waals surface area (Å²) in [5.74, 6) is 2.32. The predicted molar refractivity (Wildman–Crippen MR) is 85.3 cm³/mol. The van der Waals surface area contributed by atoms with Crippen molar-refractivity contribution in [3.8, 4) is 11.4 Å². The number of nitrogens with zero attached hydrogens (tertiary/aromatic N) is 3. The highest BCUT2D eigenvalue weighted by Gasteiger charge is 2.17. The number of hydrogen-bond acceptors (Lipinski definition) is 4. The molecule has 1 fully saturated rings. The smallest absolute Gasteiger partial charge is 0.183 e. The molecule has 0 bridgehead atoms. The molecule has 2 heterocycles. The molecular formula is C16H23N5. The van der Waals surface area contributed by atoms with Crippen LogP contribution in [0.1, 0.15) is 18.7 Å². The number of rotatable bonds is 4. The van der Waals surface area contributed by atoms with Crippen LogP contribution in [0, 0.1) is 12.8 Å². The van der Waals surface area contributed by atoms with Gasteiger partial charge in [-0.3, -0.25) is 5.10 Å². The lowest BCUT2D eigenvalue weighted by Gasteiger charge is -2.30. The van der Waals surface area contributed by atoms with Crippen LogP contribution < -0.4 is 5.32 Å². The molecule has 1 aromatic heterocycles. The maximum Gasteiger partial charge on any atom is 0.183 e. The highest BCUT2D eigenvalue weighted by molar-refractivity contribution is 5.73. The Morgan fingerprint density at radius 1 is 1.38 bits per heavy atom. The van der Waals surface area contributed by atoms with E-state index in [4.69, 9.17) is 0 Å². The summed E-state index contributed by atoms with van der Waals surface area (Å²) in [7, 11) is 2.20. The first-order chi connectivity index (χ1) is 10.2. The zero-order valence-electron chi connectivity index (χ0n) is 12.8. The predicted octanol–water partition coefficient (Wildman–Crippen LogP) is 2.53. The Hall–Kier alpha value is -1.88. The van der Waals surface area contributed by atoms with Crippen molar-refractivity contribution in [3.63, 3.8) is 0 Å². The van der Waals surface area contributed by atoms with Gasteiger partial charge in [0.1, 0.15) is 5.82 Å². The topological polar surface area (TPSA) is 56.8 Å². The van der Waals surface area contributed by atoms with E-state index in [9.17, 15) is 0 Å². The van der Waals surface area contributed by atoms with Crippen LogP contribution in [-0.4, -0.2) is 46.8 Å². The molecule has 0 aliphatic carbocycles. The summed E-state index contributed by atoms with van der Waals surface area (Å²) < 4.78 is 0. The average Bonchev–Trinajstić information content (AvgIpc) is 2.92. The summed E-state index contributed by atoms with van der Waals surface area (Å²) in [5.41, 5.74) is 2.18. The molecule has 0 amide bonds. The first-order valence-corrected chi connectivity index (χ1v) is 7.63. The number of para-hydroxylation sites is 1. The molecule has 1 unspecified atom stereocenters. The minimum atomic E-state index is 0.714. The van der Waals surface area contributed by atoms with Crippen molar-refractivity contribution in [1.29, 1.82) is 0 Å². The maximum absolute atomic E-state index is 4.43. The molecule has 5 heteroatoms. The van der Waals surface area contributed by atoms with Gasteiger partial charge in [0.05, 0.1) is 0 Å². The van der Waals surface area contributed by atoms with Crippen molar-refractivity contribution >= 4 is 5.69 Å². The Morgan fingerprint density at radius 2 is 2.24 bits per heavy atom. The van der Waals surface area contributed by atoms with Gasteiger partial charge in [-0.05, 0) is 51.4 Å². The number of likely N-dealkylation sites (tertiary alicyclic amines) is 1. The fraction of sp³-hybridized carbons (Fsp3) is 0.500. The zero-order valence-corrected chi connectivity index (χ0v) is 12.8. The third-order valence-corrected chi connectivity index (χ3v) is 4.07. The summed E-state index contributed by atoms with van der Waals surface area (Å²) in [6.07, 6.45) is 2.60. The molecule has 1 aliphatic rings. The van der Waals surface area contributed by atoms with Crippen LogP contribution in [0.3, 0.4) is 0 Å². The van der Waals surface area contributed by atoms with Crippen molar-refractivity contribution in [2.24, 2.45) is 5.92 Å². The van der Waals surface area contributed by atoms with Gasteiger partial charge in [0.15, 0.2) is 5.82 Å². The number of hydrogen-bond donors (Lipinski definition) is 2. The van der Waals surface area contributed by atoms with E-state index in [1.54, 1.807) is 0 Å². The van der Waals surface area contributed by atoms with Crippen molar-refractivity contribution < 1.29 is 0 Å². The molecule has 112 valence electrons. The average molecular weight is 285 g/mol. The summed E-state index contributed by atoms with van der Waals surface area (Å²) in [6.45, 7) is 5.33. The van der Waals surface area contributed by atoms with Crippen LogP contribution in [0.5, 0.6) is 0 Å². The third-order valence-electron chi connectivity index (χ3n) is 4.07. The van der Waals surface area contributed by atoms with E-state index in [0.717, 1.165) is 29.4 Å². The van der Waals surface area contributed by atoms with E-state index in [2.05, 4.69) is 50.6 Å². The van der Waals surface area contributed by atoms with Gasteiger partial charge in [-0.25, -0.2) is 4.98 Å². The molecule has 1 aromatic carbocycles. The second kappa shape index (κ2) is 6.26. The summed E-state index contributed by atoms with van der Waals surface area (Å²) in [4.78, 5) is 6.85. The van der Waals surface area contributed by atoms with Crippen molar-refractivity contribution in [3.05, 3.63) is 30.1 Å². The highest BCUT2D eigenvalue weighted by atomic mass is 15.2. The van der Waals surface area contributed by atoms with Gasteiger partial charge < -0.3 is 10.2 Å². The Balaban J connectivity index is 1.71. The molecule has 2 N–H and O–H groups in total. The molecule has 2 aromatic rings. The fourth-order valence-corrected chi connectivity index (χ4v) is 2.99. The largest absolute Gasteiger partial charge is 0.384 e. The lowest BCUT2D eigenvalue weighted by atomic mass is 9.98. The normalized spacial score (nSPS) is 19.6. The number of aromatic amines is 1. The van der Waals surface area contributed by atoms with E-state index >= 15 is 0 Å². The van der Waals surface area contributed by atoms with Crippen LogP contribution in [-0.2, 0) is 0 Å². The van der Waals surface area contributed by atoms with Crippen molar-refractivity contribution in [2.75, 3.05) is 32.0 Å². The molecule has 1 saturated heterocycles. The Bertz CT molecular complexity index is 592. The van der Waals surface area contributed by atoms with E-state index in [-0.39, 0.29) is 0 Å². The second-order valence-corrected chi connectivity index (χ2v) is 5.94. The Kier molecular flexibility index (Phi) is 4.20. The third kappa shape index (κ3) is 3.42. The number of anilines is 1. The van der Waals surface area contributed by atoms with Crippen molar-refractivity contribution in [2.45, 2.75) is 19.8 Å². The first kappa shape index (κ1) is 14.1. The minimum Gasteiger partial charge on any atom is -0.384 e. The molecule has 0 radical (unpaired) electrons. The number of piperidine rings is 1.